The summed E-state index contributed by atoms with van der Waals surface area (Å²) < 4.78 is 27.0. The highest BCUT2D eigenvalue weighted by Crippen LogP contribution is 2.21. The van der Waals surface area contributed by atoms with Crippen molar-refractivity contribution in [2.75, 3.05) is 25.0 Å². The van der Waals surface area contributed by atoms with Crippen LogP contribution in [0.15, 0.2) is 53.4 Å². The molecule has 1 saturated heterocycles. The van der Waals surface area contributed by atoms with Gasteiger partial charge in [-0.2, -0.15) is 4.31 Å². The van der Waals surface area contributed by atoms with Crippen molar-refractivity contribution in [2.24, 2.45) is 0 Å². The van der Waals surface area contributed by atoms with Gasteiger partial charge in [-0.1, -0.05) is 30.7 Å². The molecule has 1 heterocycles. The molecule has 7 nitrogen and oxygen atoms in total. The zero-order chi connectivity index (χ0) is 22.3. The molecule has 166 valence electrons. The van der Waals surface area contributed by atoms with Gasteiger partial charge in [-0.25, -0.2) is 8.42 Å². The van der Waals surface area contributed by atoms with Crippen molar-refractivity contribution in [3.8, 4) is 0 Å². The van der Waals surface area contributed by atoms with Gasteiger partial charge in [-0.15, -0.1) is 0 Å². The lowest BCUT2D eigenvalue weighted by atomic mass is 10.1. The minimum Gasteiger partial charge on any atom is -0.352 e. The Morgan fingerprint density at radius 1 is 0.968 bits per heavy atom. The quantitative estimate of drug-likeness (QED) is 0.655. The van der Waals surface area contributed by atoms with Crippen LogP contribution in [0.1, 0.15) is 48.5 Å². The van der Waals surface area contributed by atoms with Crippen molar-refractivity contribution >= 4 is 27.5 Å². The Kier molecular flexibility index (Phi) is 7.81. The highest BCUT2D eigenvalue weighted by atomic mass is 32.2. The number of nitrogens with one attached hydrogen (secondary N) is 2. The molecule has 2 amide bonds. The second-order valence-corrected chi connectivity index (χ2v) is 9.50. The Morgan fingerprint density at radius 3 is 2.32 bits per heavy atom. The normalized spacial score (nSPS) is 14.7. The van der Waals surface area contributed by atoms with Crippen LogP contribution in [0.2, 0.25) is 0 Å². The highest BCUT2D eigenvalue weighted by molar-refractivity contribution is 7.89. The van der Waals surface area contributed by atoms with Gasteiger partial charge < -0.3 is 10.6 Å². The maximum absolute atomic E-state index is 12.7. The fraction of sp³-hybridized carbons (Fsp3) is 0.391. The fourth-order valence-corrected chi connectivity index (χ4v) is 5.12. The third kappa shape index (κ3) is 5.92. The van der Waals surface area contributed by atoms with Crippen molar-refractivity contribution in [3.05, 3.63) is 59.7 Å². The average Bonchev–Trinajstić information content (AvgIpc) is 2.79. The van der Waals surface area contributed by atoms with E-state index in [0.717, 1.165) is 24.8 Å². The Morgan fingerprint density at radius 2 is 1.65 bits per heavy atom. The average molecular weight is 444 g/mol. The summed E-state index contributed by atoms with van der Waals surface area (Å²) in [5.41, 5.74) is 1.77. The lowest BCUT2D eigenvalue weighted by Gasteiger charge is -2.25. The van der Waals surface area contributed by atoms with E-state index in [0.29, 0.717) is 42.2 Å². The van der Waals surface area contributed by atoms with Crippen LogP contribution in [0.4, 0.5) is 5.69 Å². The number of nitrogens with zero attached hydrogens (tertiary/aromatic N) is 1. The fourth-order valence-electron chi connectivity index (χ4n) is 3.60. The Bertz CT molecular complexity index is 1010. The molecule has 2 aromatic rings. The summed E-state index contributed by atoms with van der Waals surface area (Å²) in [5.74, 6) is -0.439. The molecule has 0 unspecified atom stereocenters. The van der Waals surface area contributed by atoms with Crippen molar-refractivity contribution in [3.63, 3.8) is 0 Å². The van der Waals surface area contributed by atoms with E-state index in [9.17, 15) is 18.0 Å². The molecule has 8 heteroatoms. The molecule has 0 aromatic heterocycles. The number of rotatable bonds is 8. The molecule has 0 radical (unpaired) electrons. The van der Waals surface area contributed by atoms with Crippen molar-refractivity contribution < 1.29 is 18.0 Å². The largest absolute Gasteiger partial charge is 0.352 e. The van der Waals surface area contributed by atoms with Crippen LogP contribution in [0.25, 0.3) is 0 Å². The molecule has 1 aliphatic heterocycles. The second kappa shape index (κ2) is 10.5. The van der Waals surface area contributed by atoms with Crippen LogP contribution in [0.3, 0.4) is 0 Å². The Labute approximate surface area is 183 Å². The van der Waals surface area contributed by atoms with Gasteiger partial charge in [-0.3, -0.25) is 9.59 Å². The molecule has 2 aromatic carbocycles. The maximum atomic E-state index is 12.7. The predicted octanol–water partition coefficient (Wildman–Crippen LogP) is 3.18. The minimum absolute atomic E-state index is 0.207. The van der Waals surface area contributed by atoms with E-state index >= 15 is 0 Å². The van der Waals surface area contributed by atoms with E-state index in [-0.39, 0.29) is 18.2 Å². The van der Waals surface area contributed by atoms with Crippen LogP contribution < -0.4 is 10.6 Å². The van der Waals surface area contributed by atoms with Crippen LogP contribution in [-0.2, 0) is 21.2 Å². The third-order valence-electron chi connectivity index (χ3n) is 5.30. The lowest BCUT2D eigenvalue weighted by Crippen LogP contribution is -2.35. The van der Waals surface area contributed by atoms with E-state index in [1.165, 1.54) is 0 Å². The van der Waals surface area contributed by atoms with Crippen molar-refractivity contribution in [1.82, 2.24) is 9.62 Å². The minimum atomic E-state index is -3.45. The molecular weight excluding hydrogens is 414 g/mol. The molecule has 3 rings (SSSR count). The van der Waals surface area contributed by atoms with Crippen LogP contribution in [0, 0.1) is 0 Å². The van der Waals surface area contributed by atoms with Gasteiger partial charge in [0, 0.05) is 26.1 Å². The Hall–Kier alpha value is -2.71. The van der Waals surface area contributed by atoms with Crippen LogP contribution >= 0.6 is 0 Å². The number of benzene rings is 2. The van der Waals surface area contributed by atoms with Gasteiger partial charge in [0.1, 0.15) is 0 Å². The maximum Gasteiger partial charge on any atom is 0.253 e. The van der Waals surface area contributed by atoms with Crippen LogP contribution in [0.5, 0.6) is 0 Å². The molecule has 1 aliphatic rings. The van der Waals surface area contributed by atoms with Crippen molar-refractivity contribution in [1.29, 1.82) is 0 Å². The summed E-state index contributed by atoms with van der Waals surface area (Å²) in [7, 11) is -3.45. The third-order valence-corrected chi connectivity index (χ3v) is 7.21. The number of piperidine rings is 1. The standard InChI is InChI=1S/C23H29N3O4S/c1-2-24-23(28)20-8-4-5-9-21(20)25-22(27)15-12-18-10-13-19(14-11-18)31(29,30)26-16-6-3-7-17-26/h4-5,8-11,13-14H,2-3,6-7,12,15-17H2,1H3,(H,24,28)(H,25,27). The number of hydrogen-bond acceptors (Lipinski definition) is 4. The monoisotopic (exact) mass is 443 g/mol. The summed E-state index contributed by atoms with van der Waals surface area (Å²) >= 11 is 0. The number of amides is 2. The number of para-hydroxylation sites is 1. The lowest BCUT2D eigenvalue weighted by molar-refractivity contribution is -0.116. The zero-order valence-electron chi connectivity index (χ0n) is 17.8. The number of carbonyl (C=O) groups excluding carboxylic acids is 2. The zero-order valence-corrected chi connectivity index (χ0v) is 18.6. The SMILES string of the molecule is CCNC(=O)c1ccccc1NC(=O)CCc1ccc(S(=O)(=O)N2CCCCC2)cc1. The second-order valence-electron chi connectivity index (χ2n) is 7.56. The molecule has 0 saturated carbocycles. The topological polar surface area (TPSA) is 95.6 Å². The number of anilines is 1. The van der Waals surface area contributed by atoms with E-state index in [4.69, 9.17) is 0 Å². The molecule has 1 fully saturated rings. The first-order valence-electron chi connectivity index (χ1n) is 10.7. The summed E-state index contributed by atoms with van der Waals surface area (Å²) in [6.07, 6.45) is 3.56. The van der Waals surface area contributed by atoms with Gasteiger partial charge in [0.05, 0.1) is 16.1 Å². The first kappa shape index (κ1) is 23.0. The molecule has 0 bridgehead atoms. The first-order valence-corrected chi connectivity index (χ1v) is 12.1. The van der Waals surface area contributed by atoms with Gasteiger partial charge in [0.25, 0.3) is 5.91 Å². The molecule has 31 heavy (non-hydrogen) atoms. The summed E-state index contributed by atoms with van der Waals surface area (Å²) in [6, 6.07) is 13.6. The van der Waals surface area contributed by atoms with Gasteiger partial charge in [0.15, 0.2) is 0 Å². The summed E-state index contributed by atoms with van der Waals surface area (Å²) in [5, 5.41) is 5.53. The number of sulfonamides is 1. The molecule has 0 aliphatic carbocycles. The molecule has 0 spiro atoms. The molecule has 0 atom stereocenters. The van der Waals surface area contributed by atoms with E-state index in [1.807, 2.05) is 6.92 Å². The Balaban J connectivity index is 1.58. The molecular formula is C23H29N3O4S. The molecule has 2 N–H and O–H groups in total. The van der Waals surface area contributed by atoms with Gasteiger partial charge in [-0.05, 0) is 56.0 Å². The smallest absolute Gasteiger partial charge is 0.253 e. The number of hydrogen-bond donors (Lipinski definition) is 2. The van der Waals surface area contributed by atoms with Crippen molar-refractivity contribution in [2.45, 2.75) is 43.9 Å². The van der Waals surface area contributed by atoms with E-state index in [1.54, 1.807) is 52.8 Å². The predicted molar refractivity (Wildman–Crippen MR) is 120 cm³/mol. The number of carbonyl (C=O) groups is 2. The number of aryl methyl sites for hydroxylation is 1. The highest BCUT2D eigenvalue weighted by Gasteiger charge is 2.25. The van der Waals surface area contributed by atoms with Gasteiger partial charge >= 0.3 is 0 Å². The summed E-state index contributed by atoms with van der Waals surface area (Å²) in [4.78, 5) is 24.8. The van der Waals surface area contributed by atoms with E-state index < -0.39 is 10.0 Å². The first-order chi connectivity index (χ1) is 14.9. The van der Waals surface area contributed by atoms with Gasteiger partial charge in [0.2, 0.25) is 15.9 Å². The van der Waals surface area contributed by atoms with Crippen LogP contribution in [-0.4, -0.2) is 44.2 Å². The van der Waals surface area contributed by atoms with E-state index in [2.05, 4.69) is 10.6 Å². The summed E-state index contributed by atoms with van der Waals surface area (Å²) in [6.45, 7) is 3.48.